The van der Waals surface area contributed by atoms with Crippen LogP contribution in [0.2, 0.25) is 4.34 Å². The van der Waals surface area contributed by atoms with Crippen LogP contribution in [0.4, 0.5) is 5.69 Å². The predicted octanol–water partition coefficient (Wildman–Crippen LogP) is 4.59. The molecule has 0 atom stereocenters. The van der Waals surface area contributed by atoms with E-state index < -0.39 is 0 Å². The van der Waals surface area contributed by atoms with E-state index in [4.69, 9.17) is 11.6 Å². The second-order valence-corrected chi connectivity index (χ2v) is 6.64. The molecule has 0 radical (unpaired) electrons. The van der Waals surface area contributed by atoms with Crippen LogP contribution < -0.4 is 5.32 Å². The molecule has 2 N–H and O–H groups in total. The summed E-state index contributed by atoms with van der Waals surface area (Å²) in [6.07, 6.45) is 3.47. The van der Waals surface area contributed by atoms with Crippen molar-refractivity contribution in [3.63, 3.8) is 0 Å². The molecule has 4 aromatic rings. The van der Waals surface area contributed by atoms with Gasteiger partial charge >= 0.3 is 0 Å². The summed E-state index contributed by atoms with van der Waals surface area (Å²) < 4.78 is 0.481. The summed E-state index contributed by atoms with van der Waals surface area (Å²) in [6.45, 7) is 0. The zero-order valence-electron chi connectivity index (χ0n) is 12.3. The number of amides is 1. The first kappa shape index (κ1) is 14.9. The minimum atomic E-state index is -0.229. The van der Waals surface area contributed by atoms with Gasteiger partial charge < -0.3 is 10.3 Å². The van der Waals surface area contributed by atoms with E-state index in [0.29, 0.717) is 15.6 Å². The standard InChI is InChI=1S/C17H11ClN4OS/c18-15-12(5-7-24-15)17(23)20-11-3-4-13-14(8-11)22-16(21-13)10-2-1-6-19-9-10/h1-9H,(H,20,23)(H,21,22). The van der Waals surface area contributed by atoms with Crippen molar-refractivity contribution in [2.24, 2.45) is 0 Å². The van der Waals surface area contributed by atoms with Crippen LogP contribution in [0, 0.1) is 0 Å². The maximum Gasteiger partial charge on any atom is 0.258 e. The molecule has 24 heavy (non-hydrogen) atoms. The fourth-order valence-corrected chi connectivity index (χ4v) is 3.30. The van der Waals surface area contributed by atoms with Crippen molar-refractivity contribution < 1.29 is 4.79 Å². The Hall–Kier alpha value is -2.70. The molecule has 4 rings (SSSR count). The average molecular weight is 355 g/mol. The van der Waals surface area contributed by atoms with Gasteiger partial charge in [-0.1, -0.05) is 11.6 Å². The number of hydrogen-bond donors (Lipinski definition) is 2. The van der Waals surface area contributed by atoms with Crippen molar-refractivity contribution >= 4 is 45.6 Å². The number of hydrogen-bond acceptors (Lipinski definition) is 4. The third kappa shape index (κ3) is 2.77. The number of rotatable bonds is 3. The van der Waals surface area contributed by atoms with Gasteiger partial charge in [0.2, 0.25) is 0 Å². The number of fused-ring (bicyclic) bond motifs is 1. The Morgan fingerprint density at radius 1 is 1.25 bits per heavy atom. The normalized spacial score (nSPS) is 10.9. The fourth-order valence-electron chi connectivity index (χ4n) is 2.38. The largest absolute Gasteiger partial charge is 0.338 e. The smallest absolute Gasteiger partial charge is 0.258 e. The highest BCUT2D eigenvalue weighted by Gasteiger charge is 2.12. The number of nitrogens with zero attached hydrogens (tertiary/aromatic N) is 2. The summed E-state index contributed by atoms with van der Waals surface area (Å²) in [7, 11) is 0. The molecule has 7 heteroatoms. The fraction of sp³-hybridized carbons (Fsp3) is 0. The first-order chi connectivity index (χ1) is 11.7. The highest BCUT2D eigenvalue weighted by Crippen LogP contribution is 2.25. The van der Waals surface area contributed by atoms with Crippen LogP contribution in [-0.4, -0.2) is 20.9 Å². The predicted molar refractivity (Wildman–Crippen MR) is 96.6 cm³/mol. The van der Waals surface area contributed by atoms with E-state index >= 15 is 0 Å². The molecule has 0 bridgehead atoms. The van der Waals surface area contributed by atoms with Gasteiger partial charge in [-0.05, 0) is 41.8 Å². The number of aromatic amines is 1. The highest BCUT2D eigenvalue weighted by molar-refractivity contribution is 7.14. The molecule has 3 heterocycles. The quantitative estimate of drug-likeness (QED) is 0.565. The molecular formula is C17H11ClN4OS. The third-order valence-electron chi connectivity index (χ3n) is 3.54. The van der Waals surface area contributed by atoms with Crippen LogP contribution in [0.5, 0.6) is 0 Å². The number of halogens is 1. The number of nitrogens with one attached hydrogen (secondary N) is 2. The average Bonchev–Trinajstić information content (AvgIpc) is 3.21. The van der Waals surface area contributed by atoms with E-state index in [0.717, 1.165) is 22.4 Å². The zero-order chi connectivity index (χ0) is 16.5. The van der Waals surface area contributed by atoms with Crippen molar-refractivity contribution in [3.8, 4) is 11.4 Å². The van der Waals surface area contributed by atoms with Crippen molar-refractivity contribution in [3.05, 3.63) is 64.1 Å². The van der Waals surface area contributed by atoms with Gasteiger partial charge in [0.15, 0.2) is 0 Å². The minimum Gasteiger partial charge on any atom is -0.338 e. The van der Waals surface area contributed by atoms with Gasteiger partial charge in [0.05, 0.1) is 16.6 Å². The molecule has 5 nitrogen and oxygen atoms in total. The van der Waals surface area contributed by atoms with Gasteiger partial charge in [0.25, 0.3) is 5.91 Å². The number of pyridine rings is 1. The lowest BCUT2D eigenvalue weighted by Gasteiger charge is -2.04. The molecule has 0 aliphatic rings. The molecule has 1 amide bonds. The van der Waals surface area contributed by atoms with E-state index in [9.17, 15) is 4.79 Å². The SMILES string of the molecule is O=C(Nc1ccc2nc(-c3cccnc3)[nH]c2c1)c1ccsc1Cl. The summed E-state index contributed by atoms with van der Waals surface area (Å²) in [4.78, 5) is 24.1. The van der Waals surface area contributed by atoms with Crippen molar-refractivity contribution in [2.75, 3.05) is 5.32 Å². The number of aromatic nitrogens is 3. The van der Waals surface area contributed by atoms with Crippen molar-refractivity contribution in [1.29, 1.82) is 0 Å². The second-order valence-electron chi connectivity index (χ2n) is 5.12. The van der Waals surface area contributed by atoms with E-state index in [-0.39, 0.29) is 5.91 Å². The van der Waals surface area contributed by atoms with E-state index in [1.165, 1.54) is 11.3 Å². The van der Waals surface area contributed by atoms with E-state index in [1.807, 2.05) is 30.3 Å². The number of carbonyl (C=O) groups excluding carboxylic acids is 1. The Balaban J connectivity index is 1.64. The third-order valence-corrected chi connectivity index (χ3v) is 4.71. The Bertz CT molecular complexity index is 1030. The summed E-state index contributed by atoms with van der Waals surface area (Å²) in [5.74, 6) is 0.509. The Kier molecular flexibility index (Phi) is 3.76. The zero-order valence-corrected chi connectivity index (χ0v) is 13.9. The molecule has 0 saturated heterocycles. The molecule has 0 saturated carbocycles. The summed E-state index contributed by atoms with van der Waals surface area (Å²) in [5, 5.41) is 4.64. The Morgan fingerprint density at radius 2 is 2.17 bits per heavy atom. The minimum absolute atomic E-state index is 0.229. The number of H-pyrrole nitrogens is 1. The Morgan fingerprint density at radius 3 is 2.92 bits per heavy atom. The number of benzene rings is 1. The molecule has 3 aromatic heterocycles. The summed E-state index contributed by atoms with van der Waals surface area (Å²) >= 11 is 7.33. The lowest BCUT2D eigenvalue weighted by molar-refractivity contribution is 0.102. The van der Waals surface area contributed by atoms with Crippen LogP contribution in [0.1, 0.15) is 10.4 Å². The number of anilines is 1. The molecule has 0 spiro atoms. The molecule has 1 aromatic carbocycles. The van der Waals surface area contributed by atoms with Crippen LogP contribution in [0.15, 0.2) is 54.2 Å². The van der Waals surface area contributed by atoms with Gasteiger partial charge in [-0.2, -0.15) is 0 Å². The van der Waals surface area contributed by atoms with Crippen molar-refractivity contribution in [2.45, 2.75) is 0 Å². The molecule has 0 unspecified atom stereocenters. The first-order valence-corrected chi connectivity index (χ1v) is 8.41. The monoisotopic (exact) mass is 354 g/mol. The topological polar surface area (TPSA) is 70.7 Å². The maximum absolute atomic E-state index is 12.2. The highest BCUT2D eigenvalue weighted by atomic mass is 35.5. The van der Waals surface area contributed by atoms with Gasteiger partial charge in [-0.15, -0.1) is 11.3 Å². The number of carbonyl (C=O) groups is 1. The molecule has 0 fully saturated rings. The second kappa shape index (κ2) is 6.07. The Labute approximate surface area is 146 Å². The number of imidazole rings is 1. The first-order valence-electron chi connectivity index (χ1n) is 7.15. The lowest BCUT2D eigenvalue weighted by Crippen LogP contribution is -2.11. The van der Waals surface area contributed by atoms with Gasteiger partial charge in [0, 0.05) is 23.6 Å². The molecule has 0 aliphatic heterocycles. The van der Waals surface area contributed by atoms with Crippen LogP contribution in [-0.2, 0) is 0 Å². The molecule has 118 valence electrons. The van der Waals surface area contributed by atoms with E-state index in [2.05, 4.69) is 20.3 Å². The van der Waals surface area contributed by atoms with Crippen molar-refractivity contribution in [1.82, 2.24) is 15.0 Å². The maximum atomic E-state index is 12.2. The van der Waals surface area contributed by atoms with Gasteiger partial charge in [-0.3, -0.25) is 9.78 Å². The number of thiophene rings is 1. The lowest BCUT2D eigenvalue weighted by atomic mass is 10.2. The van der Waals surface area contributed by atoms with Gasteiger partial charge in [0.1, 0.15) is 10.2 Å². The molecular weight excluding hydrogens is 344 g/mol. The van der Waals surface area contributed by atoms with E-state index in [1.54, 1.807) is 23.8 Å². The summed E-state index contributed by atoms with van der Waals surface area (Å²) in [6, 6.07) is 11.0. The van der Waals surface area contributed by atoms with Crippen LogP contribution >= 0.6 is 22.9 Å². The van der Waals surface area contributed by atoms with Gasteiger partial charge in [-0.25, -0.2) is 4.98 Å². The summed E-state index contributed by atoms with van der Waals surface area (Å²) in [5.41, 5.74) is 3.71. The van der Waals surface area contributed by atoms with Crippen LogP contribution in [0.25, 0.3) is 22.4 Å². The van der Waals surface area contributed by atoms with Crippen LogP contribution in [0.3, 0.4) is 0 Å². The molecule has 0 aliphatic carbocycles.